The maximum Gasteiger partial charge on any atom is 0.0601 e. The lowest BCUT2D eigenvalue weighted by Gasteiger charge is -2.34. The normalized spacial score (nSPS) is 13.3. The standard InChI is InChI=1S/C25H27NS/c1-6-25(4,5)19-10-14-22-24(16-19)27-23-15-18(3)9-13-21(23)26(22)20-11-7-17(2)8-12-20/h7-16H,6H2,1-5H3. The van der Waals surface area contributed by atoms with Crippen LogP contribution in [0.1, 0.15) is 43.9 Å². The number of fused-ring (bicyclic) bond motifs is 2. The molecule has 3 aromatic rings. The molecule has 0 bridgehead atoms. The molecule has 1 nitrogen and oxygen atoms in total. The molecule has 1 aliphatic rings. The Morgan fingerprint density at radius 2 is 1.37 bits per heavy atom. The molecule has 0 amide bonds. The van der Waals surface area contributed by atoms with Crippen LogP contribution in [0.25, 0.3) is 0 Å². The van der Waals surface area contributed by atoms with Crippen LogP contribution in [0.3, 0.4) is 0 Å². The van der Waals surface area contributed by atoms with Crippen LogP contribution in [0, 0.1) is 13.8 Å². The molecule has 138 valence electrons. The summed E-state index contributed by atoms with van der Waals surface area (Å²) in [7, 11) is 0. The number of nitrogens with zero attached hydrogens (tertiary/aromatic N) is 1. The Hall–Kier alpha value is -2.19. The second kappa shape index (κ2) is 6.76. The maximum atomic E-state index is 2.41. The van der Waals surface area contributed by atoms with Gasteiger partial charge >= 0.3 is 0 Å². The van der Waals surface area contributed by atoms with Crippen molar-refractivity contribution in [2.45, 2.75) is 56.2 Å². The van der Waals surface area contributed by atoms with Gasteiger partial charge in [-0.15, -0.1) is 0 Å². The fraction of sp³-hybridized carbons (Fsp3) is 0.280. The highest BCUT2D eigenvalue weighted by atomic mass is 32.2. The van der Waals surface area contributed by atoms with E-state index in [9.17, 15) is 0 Å². The Balaban J connectivity index is 1.90. The highest BCUT2D eigenvalue weighted by Gasteiger charge is 2.27. The first-order valence-corrected chi connectivity index (χ1v) is 10.5. The summed E-state index contributed by atoms with van der Waals surface area (Å²) in [6, 6.07) is 22.6. The van der Waals surface area contributed by atoms with Crippen LogP contribution in [-0.2, 0) is 5.41 Å². The minimum atomic E-state index is 0.192. The summed E-state index contributed by atoms with van der Waals surface area (Å²) < 4.78 is 0. The summed E-state index contributed by atoms with van der Waals surface area (Å²) >= 11 is 1.90. The molecule has 0 N–H and O–H groups in total. The van der Waals surface area contributed by atoms with Crippen molar-refractivity contribution in [2.24, 2.45) is 0 Å². The third kappa shape index (κ3) is 3.27. The molecule has 0 aliphatic carbocycles. The van der Waals surface area contributed by atoms with Crippen LogP contribution in [0.4, 0.5) is 17.1 Å². The molecule has 0 fully saturated rings. The van der Waals surface area contributed by atoms with Crippen LogP contribution in [0.5, 0.6) is 0 Å². The van der Waals surface area contributed by atoms with Crippen molar-refractivity contribution >= 4 is 28.8 Å². The highest BCUT2D eigenvalue weighted by Crippen LogP contribution is 2.52. The van der Waals surface area contributed by atoms with Gasteiger partial charge in [0.2, 0.25) is 0 Å². The summed E-state index contributed by atoms with van der Waals surface area (Å²) in [6.07, 6.45) is 1.13. The third-order valence-corrected chi connectivity index (χ3v) is 6.83. The van der Waals surface area contributed by atoms with Crippen LogP contribution in [-0.4, -0.2) is 0 Å². The van der Waals surface area contributed by atoms with Gasteiger partial charge in [0.25, 0.3) is 0 Å². The van der Waals surface area contributed by atoms with Crippen molar-refractivity contribution in [2.75, 3.05) is 4.90 Å². The predicted octanol–water partition coefficient (Wildman–Crippen LogP) is 7.93. The quantitative estimate of drug-likeness (QED) is 0.359. The SMILES string of the molecule is CCC(C)(C)c1ccc2c(c1)Sc1cc(C)ccc1N2c1ccc(C)cc1. The van der Waals surface area contributed by atoms with E-state index >= 15 is 0 Å². The molecule has 27 heavy (non-hydrogen) atoms. The second-order valence-corrected chi connectivity index (χ2v) is 9.25. The summed E-state index contributed by atoms with van der Waals surface area (Å²) in [5, 5.41) is 0. The van der Waals surface area contributed by atoms with E-state index in [-0.39, 0.29) is 5.41 Å². The topological polar surface area (TPSA) is 3.24 Å². The number of hydrogen-bond donors (Lipinski definition) is 0. The Kier molecular flexibility index (Phi) is 4.55. The van der Waals surface area contributed by atoms with Crippen molar-refractivity contribution in [3.63, 3.8) is 0 Å². The maximum absolute atomic E-state index is 2.41. The van der Waals surface area contributed by atoms with Crippen molar-refractivity contribution in [3.8, 4) is 0 Å². The van der Waals surface area contributed by atoms with Crippen molar-refractivity contribution in [1.82, 2.24) is 0 Å². The molecule has 0 aromatic heterocycles. The summed E-state index contributed by atoms with van der Waals surface area (Å²) in [5.74, 6) is 0. The molecular formula is C25H27NS. The third-order valence-electron chi connectivity index (χ3n) is 5.73. The smallest absolute Gasteiger partial charge is 0.0601 e. The van der Waals surface area contributed by atoms with Crippen LogP contribution in [0.2, 0.25) is 0 Å². The summed E-state index contributed by atoms with van der Waals surface area (Å²) in [5.41, 5.74) is 7.95. The summed E-state index contributed by atoms with van der Waals surface area (Å²) in [6.45, 7) is 11.2. The fourth-order valence-electron chi connectivity index (χ4n) is 3.51. The Morgan fingerprint density at radius 1 is 0.778 bits per heavy atom. The monoisotopic (exact) mass is 373 g/mol. The molecular weight excluding hydrogens is 346 g/mol. The Labute approximate surface area is 167 Å². The number of rotatable bonds is 3. The van der Waals surface area contributed by atoms with Gasteiger partial charge in [0.1, 0.15) is 0 Å². The predicted molar refractivity (Wildman–Crippen MR) is 118 cm³/mol. The largest absolute Gasteiger partial charge is 0.308 e. The summed E-state index contributed by atoms with van der Waals surface area (Å²) in [4.78, 5) is 5.07. The zero-order valence-corrected chi connectivity index (χ0v) is 17.7. The van der Waals surface area contributed by atoms with Crippen molar-refractivity contribution < 1.29 is 0 Å². The van der Waals surface area contributed by atoms with E-state index in [1.54, 1.807) is 0 Å². The molecule has 0 saturated carbocycles. The van der Waals surface area contributed by atoms with Crippen molar-refractivity contribution in [1.29, 1.82) is 0 Å². The Morgan fingerprint density at radius 3 is 2.04 bits per heavy atom. The van der Waals surface area contributed by atoms with Crippen LogP contribution in [0.15, 0.2) is 70.5 Å². The number of benzene rings is 3. The lowest BCUT2D eigenvalue weighted by Crippen LogP contribution is -2.18. The molecule has 0 unspecified atom stereocenters. The average molecular weight is 374 g/mol. The second-order valence-electron chi connectivity index (χ2n) is 8.16. The van der Waals surface area contributed by atoms with Crippen molar-refractivity contribution in [3.05, 3.63) is 77.4 Å². The number of aryl methyl sites for hydroxylation is 2. The molecule has 0 saturated heterocycles. The van der Waals surface area contributed by atoms with E-state index < -0.39 is 0 Å². The first kappa shape index (κ1) is 18.2. The number of anilines is 3. The average Bonchev–Trinajstić information content (AvgIpc) is 2.66. The van der Waals surface area contributed by atoms with Gasteiger partial charge < -0.3 is 4.90 Å². The minimum Gasteiger partial charge on any atom is -0.308 e. The van der Waals surface area contributed by atoms with Gasteiger partial charge in [0.05, 0.1) is 11.4 Å². The molecule has 3 aromatic carbocycles. The van der Waals surface area contributed by atoms with E-state index in [1.165, 1.54) is 43.5 Å². The molecule has 0 spiro atoms. The van der Waals surface area contributed by atoms with Gasteiger partial charge in [0, 0.05) is 15.5 Å². The van der Waals surface area contributed by atoms with E-state index in [1.807, 2.05) is 11.8 Å². The zero-order valence-electron chi connectivity index (χ0n) is 16.8. The van der Waals surface area contributed by atoms with E-state index in [0.29, 0.717) is 0 Å². The molecule has 1 heterocycles. The molecule has 0 radical (unpaired) electrons. The van der Waals surface area contributed by atoms with Gasteiger partial charge in [-0.25, -0.2) is 0 Å². The Bertz CT molecular complexity index is 986. The van der Waals surface area contributed by atoms with E-state index in [4.69, 9.17) is 0 Å². The fourth-order valence-corrected chi connectivity index (χ4v) is 4.71. The molecule has 1 aliphatic heterocycles. The lowest BCUT2D eigenvalue weighted by atomic mass is 9.82. The highest BCUT2D eigenvalue weighted by molar-refractivity contribution is 7.99. The van der Waals surface area contributed by atoms with Crippen LogP contribution < -0.4 is 4.90 Å². The zero-order chi connectivity index (χ0) is 19.2. The first-order chi connectivity index (χ1) is 12.9. The van der Waals surface area contributed by atoms with Gasteiger partial charge in [-0.3, -0.25) is 0 Å². The molecule has 0 atom stereocenters. The molecule has 2 heteroatoms. The van der Waals surface area contributed by atoms with E-state index in [0.717, 1.165) is 6.42 Å². The first-order valence-electron chi connectivity index (χ1n) is 9.69. The van der Waals surface area contributed by atoms with Crippen LogP contribution >= 0.6 is 11.8 Å². The number of hydrogen-bond acceptors (Lipinski definition) is 2. The van der Waals surface area contributed by atoms with Gasteiger partial charge in [-0.1, -0.05) is 62.4 Å². The van der Waals surface area contributed by atoms with E-state index in [2.05, 4.69) is 100 Å². The minimum absolute atomic E-state index is 0.192. The van der Waals surface area contributed by atoms with Gasteiger partial charge in [-0.2, -0.15) is 0 Å². The molecule has 4 rings (SSSR count). The van der Waals surface area contributed by atoms with Gasteiger partial charge in [0.15, 0.2) is 0 Å². The lowest BCUT2D eigenvalue weighted by molar-refractivity contribution is 0.505. The van der Waals surface area contributed by atoms with Gasteiger partial charge in [-0.05, 0) is 73.2 Å².